The summed E-state index contributed by atoms with van der Waals surface area (Å²) >= 11 is 0. The Hall–Kier alpha value is -2.06. The second-order valence-corrected chi connectivity index (χ2v) is 5.79. The Morgan fingerprint density at radius 2 is 2.00 bits per heavy atom. The minimum Gasteiger partial charge on any atom is -0.497 e. The molecule has 2 nitrogen and oxygen atoms in total. The highest BCUT2D eigenvalue weighted by atomic mass is 16.5. The minimum absolute atomic E-state index is 0.120. The highest BCUT2D eigenvalue weighted by Crippen LogP contribution is 2.40. The highest BCUT2D eigenvalue weighted by molar-refractivity contribution is 5.29. The van der Waals surface area contributed by atoms with Gasteiger partial charge in [-0.15, -0.1) is 6.58 Å². The Labute approximate surface area is 132 Å². The quantitative estimate of drug-likeness (QED) is 0.760. The third kappa shape index (κ3) is 3.07. The van der Waals surface area contributed by atoms with Gasteiger partial charge in [-0.1, -0.05) is 48.5 Å². The first-order valence-electron chi connectivity index (χ1n) is 7.74. The third-order valence-electron chi connectivity index (χ3n) is 4.42. The maximum Gasteiger partial charge on any atom is 0.119 e. The molecule has 114 valence electrons. The second-order valence-electron chi connectivity index (χ2n) is 5.79. The van der Waals surface area contributed by atoms with Crippen molar-refractivity contribution in [3.8, 4) is 5.75 Å². The molecule has 2 heteroatoms. The van der Waals surface area contributed by atoms with E-state index in [9.17, 15) is 0 Å². The number of methoxy groups -OCH3 is 1. The number of benzene rings is 2. The molecule has 1 fully saturated rings. The molecule has 1 aliphatic rings. The Kier molecular flexibility index (Phi) is 4.59. The molecule has 0 N–H and O–H groups in total. The van der Waals surface area contributed by atoms with E-state index >= 15 is 0 Å². The number of hydrogen-bond donors (Lipinski definition) is 0. The molecular weight excluding hydrogens is 272 g/mol. The lowest BCUT2D eigenvalue weighted by atomic mass is 9.84. The number of hydrogen-bond acceptors (Lipinski definition) is 2. The van der Waals surface area contributed by atoms with Gasteiger partial charge in [0.05, 0.1) is 19.8 Å². The van der Waals surface area contributed by atoms with Gasteiger partial charge < -0.3 is 9.47 Å². The molecular formula is C20H22O2. The lowest BCUT2D eigenvalue weighted by molar-refractivity contribution is 0.0977. The fraction of sp³-hybridized carbons (Fsp3) is 0.300. The zero-order valence-corrected chi connectivity index (χ0v) is 12.9. The summed E-state index contributed by atoms with van der Waals surface area (Å²) in [6.45, 7) is 4.81. The van der Waals surface area contributed by atoms with Crippen LogP contribution in [0.3, 0.4) is 0 Å². The van der Waals surface area contributed by atoms with E-state index in [1.54, 1.807) is 7.11 Å². The number of ether oxygens (including phenoxy) is 2. The van der Waals surface area contributed by atoms with Crippen molar-refractivity contribution in [3.63, 3.8) is 0 Å². The topological polar surface area (TPSA) is 18.5 Å². The van der Waals surface area contributed by atoms with Gasteiger partial charge in [-0.2, -0.15) is 0 Å². The van der Waals surface area contributed by atoms with Crippen LogP contribution in [0, 0.1) is 11.8 Å². The zero-order valence-electron chi connectivity index (χ0n) is 12.9. The van der Waals surface area contributed by atoms with Crippen molar-refractivity contribution in [2.75, 3.05) is 13.7 Å². The fourth-order valence-corrected chi connectivity index (χ4v) is 3.27. The zero-order chi connectivity index (χ0) is 15.4. The molecule has 0 radical (unpaired) electrons. The average molecular weight is 294 g/mol. The largest absolute Gasteiger partial charge is 0.497 e. The van der Waals surface area contributed by atoms with Crippen LogP contribution in [0.25, 0.3) is 0 Å². The number of rotatable bonds is 5. The summed E-state index contributed by atoms with van der Waals surface area (Å²) in [5.74, 6) is 1.70. The van der Waals surface area contributed by atoms with Crippen LogP contribution in [0.5, 0.6) is 5.75 Å². The molecule has 3 atom stereocenters. The van der Waals surface area contributed by atoms with Gasteiger partial charge in [0.15, 0.2) is 0 Å². The molecule has 22 heavy (non-hydrogen) atoms. The van der Waals surface area contributed by atoms with Gasteiger partial charge in [-0.05, 0) is 35.6 Å². The van der Waals surface area contributed by atoms with E-state index in [0.29, 0.717) is 11.8 Å². The summed E-state index contributed by atoms with van der Waals surface area (Å²) in [7, 11) is 1.70. The van der Waals surface area contributed by atoms with Gasteiger partial charge >= 0.3 is 0 Å². The molecule has 1 aliphatic heterocycles. The molecule has 2 aromatic carbocycles. The van der Waals surface area contributed by atoms with Crippen LogP contribution in [-0.2, 0) is 11.2 Å². The van der Waals surface area contributed by atoms with Gasteiger partial charge in [0.2, 0.25) is 0 Å². The molecule has 1 saturated heterocycles. The molecule has 0 spiro atoms. The minimum atomic E-state index is 0.120. The Bertz CT molecular complexity index is 621. The summed E-state index contributed by atoms with van der Waals surface area (Å²) in [5, 5.41) is 0. The van der Waals surface area contributed by atoms with E-state index in [4.69, 9.17) is 9.47 Å². The van der Waals surface area contributed by atoms with Crippen molar-refractivity contribution in [2.24, 2.45) is 11.8 Å². The molecule has 2 aromatic rings. The van der Waals surface area contributed by atoms with Crippen molar-refractivity contribution in [1.29, 1.82) is 0 Å². The Balaban J connectivity index is 1.76. The van der Waals surface area contributed by atoms with E-state index in [1.165, 1.54) is 11.1 Å². The van der Waals surface area contributed by atoms with Crippen LogP contribution < -0.4 is 4.74 Å². The SMILES string of the molecule is C=C[C@H]1[C@H](Cc2cccc(OC)c2)CO[C@H]1c1ccccc1. The van der Waals surface area contributed by atoms with Crippen LogP contribution in [0.1, 0.15) is 17.2 Å². The van der Waals surface area contributed by atoms with Gasteiger partial charge in [0, 0.05) is 5.92 Å². The van der Waals surface area contributed by atoms with Crippen molar-refractivity contribution in [3.05, 3.63) is 78.4 Å². The van der Waals surface area contributed by atoms with Crippen LogP contribution in [0.15, 0.2) is 67.3 Å². The molecule has 0 aromatic heterocycles. The first-order valence-corrected chi connectivity index (χ1v) is 7.74. The summed E-state index contributed by atoms with van der Waals surface area (Å²) in [5.41, 5.74) is 2.52. The summed E-state index contributed by atoms with van der Waals surface area (Å²) in [4.78, 5) is 0. The van der Waals surface area contributed by atoms with E-state index in [0.717, 1.165) is 18.8 Å². The summed E-state index contributed by atoms with van der Waals surface area (Å²) < 4.78 is 11.4. The third-order valence-corrected chi connectivity index (χ3v) is 4.42. The molecule has 0 amide bonds. The Morgan fingerprint density at radius 1 is 1.18 bits per heavy atom. The van der Waals surface area contributed by atoms with Crippen LogP contribution in [0.2, 0.25) is 0 Å². The second kappa shape index (κ2) is 6.80. The van der Waals surface area contributed by atoms with Gasteiger partial charge in [-0.25, -0.2) is 0 Å². The van der Waals surface area contributed by atoms with Crippen LogP contribution >= 0.6 is 0 Å². The average Bonchev–Trinajstić information content (AvgIpc) is 2.98. The predicted octanol–water partition coefficient (Wildman–Crippen LogP) is 4.43. The molecule has 0 bridgehead atoms. The van der Waals surface area contributed by atoms with E-state index < -0.39 is 0 Å². The van der Waals surface area contributed by atoms with Gasteiger partial charge in [0.25, 0.3) is 0 Å². The van der Waals surface area contributed by atoms with Crippen molar-refractivity contribution in [1.82, 2.24) is 0 Å². The molecule has 0 unspecified atom stereocenters. The Morgan fingerprint density at radius 3 is 2.73 bits per heavy atom. The van der Waals surface area contributed by atoms with Crippen molar-refractivity contribution in [2.45, 2.75) is 12.5 Å². The highest BCUT2D eigenvalue weighted by Gasteiger charge is 2.35. The first kappa shape index (κ1) is 14.9. The van der Waals surface area contributed by atoms with Crippen molar-refractivity contribution < 1.29 is 9.47 Å². The fourth-order valence-electron chi connectivity index (χ4n) is 3.27. The molecule has 1 heterocycles. The van der Waals surface area contributed by atoms with Gasteiger partial charge in [0.1, 0.15) is 5.75 Å². The van der Waals surface area contributed by atoms with E-state index in [2.05, 4.69) is 49.1 Å². The normalized spacial score (nSPS) is 24.1. The van der Waals surface area contributed by atoms with E-state index in [-0.39, 0.29) is 6.10 Å². The van der Waals surface area contributed by atoms with Crippen LogP contribution in [-0.4, -0.2) is 13.7 Å². The summed E-state index contributed by atoms with van der Waals surface area (Å²) in [6.07, 6.45) is 3.15. The molecule has 0 aliphatic carbocycles. The smallest absolute Gasteiger partial charge is 0.119 e. The summed E-state index contributed by atoms with van der Waals surface area (Å²) in [6, 6.07) is 18.7. The predicted molar refractivity (Wildman–Crippen MR) is 89.0 cm³/mol. The molecule has 0 saturated carbocycles. The van der Waals surface area contributed by atoms with Gasteiger partial charge in [-0.3, -0.25) is 0 Å². The first-order chi connectivity index (χ1) is 10.8. The lowest BCUT2D eigenvalue weighted by Crippen LogP contribution is -2.15. The molecule has 3 rings (SSSR count). The maximum atomic E-state index is 6.08. The maximum absolute atomic E-state index is 6.08. The van der Waals surface area contributed by atoms with Crippen LogP contribution in [0.4, 0.5) is 0 Å². The van der Waals surface area contributed by atoms with Crippen molar-refractivity contribution >= 4 is 0 Å². The standard InChI is InChI=1S/C20H22O2/c1-3-19-17(12-15-8-7-11-18(13-15)21-2)14-22-20(19)16-9-5-4-6-10-16/h3-11,13,17,19-20H,1,12,14H2,2H3/t17-,19+,20+/m1/s1. The monoisotopic (exact) mass is 294 g/mol. The lowest BCUT2D eigenvalue weighted by Gasteiger charge is -2.20. The van der Waals surface area contributed by atoms with E-state index in [1.807, 2.05) is 18.2 Å².